The molecule has 1 aromatic carbocycles. The number of carbonyl (C=O) groups is 2. The van der Waals surface area contributed by atoms with Crippen LogP contribution < -0.4 is 15.5 Å². The third-order valence-electron chi connectivity index (χ3n) is 5.11. The standard InChI is InChI=1S/C22H26N4O3/c1-14-12-26(13-15(2)29-14)20-10-9-19(11-23-20)25-22(28)17-5-7-18(8-6-17)24-21(27)16-3-4-16/h5-11,14-16H,3-4,12-13H2,1-2H3,(H,24,27)(H,25,28). The normalized spacial score (nSPS) is 21.5. The van der Waals surface area contributed by atoms with E-state index < -0.39 is 0 Å². The summed E-state index contributed by atoms with van der Waals surface area (Å²) in [5.74, 6) is 0.865. The van der Waals surface area contributed by atoms with Crippen molar-refractivity contribution >= 4 is 29.0 Å². The molecule has 7 nitrogen and oxygen atoms in total. The van der Waals surface area contributed by atoms with Gasteiger partial charge in [-0.05, 0) is 63.1 Å². The van der Waals surface area contributed by atoms with Crippen LogP contribution in [0.2, 0.25) is 0 Å². The number of ether oxygens (including phenoxy) is 1. The quantitative estimate of drug-likeness (QED) is 0.813. The van der Waals surface area contributed by atoms with E-state index in [2.05, 4.69) is 34.4 Å². The number of hydrogen-bond donors (Lipinski definition) is 2. The monoisotopic (exact) mass is 394 g/mol. The highest BCUT2D eigenvalue weighted by Gasteiger charge is 2.29. The molecule has 2 unspecified atom stereocenters. The number of rotatable bonds is 5. The number of pyridine rings is 1. The van der Waals surface area contributed by atoms with Crippen molar-refractivity contribution in [3.05, 3.63) is 48.2 Å². The van der Waals surface area contributed by atoms with Crippen molar-refractivity contribution in [2.45, 2.75) is 38.9 Å². The molecule has 2 heterocycles. The third kappa shape index (κ3) is 4.92. The summed E-state index contributed by atoms with van der Waals surface area (Å²) in [7, 11) is 0. The molecule has 1 saturated carbocycles. The molecule has 2 fully saturated rings. The summed E-state index contributed by atoms with van der Waals surface area (Å²) in [5.41, 5.74) is 1.87. The van der Waals surface area contributed by atoms with Crippen LogP contribution >= 0.6 is 0 Å². The van der Waals surface area contributed by atoms with E-state index in [1.54, 1.807) is 30.5 Å². The van der Waals surface area contributed by atoms with Gasteiger partial charge in [0.05, 0.1) is 24.1 Å². The van der Waals surface area contributed by atoms with Crippen molar-refractivity contribution < 1.29 is 14.3 Å². The van der Waals surface area contributed by atoms with Crippen LogP contribution in [0.4, 0.5) is 17.2 Å². The molecule has 2 aromatic rings. The maximum atomic E-state index is 12.5. The van der Waals surface area contributed by atoms with Crippen LogP contribution in [-0.4, -0.2) is 42.1 Å². The van der Waals surface area contributed by atoms with Gasteiger partial charge in [-0.1, -0.05) is 0 Å². The zero-order valence-electron chi connectivity index (χ0n) is 16.7. The van der Waals surface area contributed by atoms with Crippen molar-refractivity contribution in [3.8, 4) is 0 Å². The fraction of sp³-hybridized carbons (Fsp3) is 0.409. The molecule has 1 aliphatic carbocycles. The Hall–Kier alpha value is -2.93. The molecule has 1 saturated heterocycles. The van der Waals surface area contributed by atoms with Gasteiger partial charge in [-0.2, -0.15) is 0 Å². The summed E-state index contributed by atoms with van der Waals surface area (Å²) in [5, 5.41) is 5.73. The van der Waals surface area contributed by atoms with Crippen LogP contribution in [0, 0.1) is 5.92 Å². The molecular formula is C22H26N4O3. The number of nitrogens with zero attached hydrogens (tertiary/aromatic N) is 2. The summed E-state index contributed by atoms with van der Waals surface area (Å²) in [4.78, 5) is 31.0. The van der Waals surface area contributed by atoms with E-state index in [9.17, 15) is 9.59 Å². The number of nitrogens with one attached hydrogen (secondary N) is 2. The summed E-state index contributed by atoms with van der Waals surface area (Å²) < 4.78 is 5.76. The third-order valence-corrected chi connectivity index (χ3v) is 5.11. The van der Waals surface area contributed by atoms with Crippen LogP contribution in [0.3, 0.4) is 0 Å². The number of anilines is 3. The minimum Gasteiger partial charge on any atom is -0.372 e. The average Bonchev–Trinajstić information content (AvgIpc) is 3.54. The van der Waals surface area contributed by atoms with Gasteiger partial charge in [0.15, 0.2) is 0 Å². The molecular weight excluding hydrogens is 368 g/mol. The van der Waals surface area contributed by atoms with Crippen LogP contribution in [0.25, 0.3) is 0 Å². The fourth-order valence-electron chi connectivity index (χ4n) is 3.51. The molecule has 0 radical (unpaired) electrons. The number of morpholine rings is 1. The highest BCUT2D eigenvalue weighted by molar-refractivity contribution is 6.04. The van der Waals surface area contributed by atoms with E-state index in [4.69, 9.17) is 4.74 Å². The molecule has 1 aromatic heterocycles. The maximum Gasteiger partial charge on any atom is 0.255 e. The first kappa shape index (κ1) is 19.4. The lowest BCUT2D eigenvalue weighted by Crippen LogP contribution is -2.45. The Kier molecular flexibility index (Phi) is 5.49. The first-order valence-corrected chi connectivity index (χ1v) is 10.1. The molecule has 2 aliphatic rings. The van der Waals surface area contributed by atoms with Crippen molar-refractivity contribution in [3.63, 3.8) is 0 Å². The molecule has 2 amide bonds. The second-order valence-electron chi connectivity index (χ2n) is 7.86. The maximum absolute atomic E-state index is 12.5. The molecule has 1 aliphatic heterocycles. The van der Waals surface area contributed by atoms with E-state index in [0.717, 1.165) is 31.7 Å². The molecule has 0 spiro atoms. The molecule has 4 rings (SSSR count). The van der Waals surface area contributed by atoms with E-state index >= 15 is 0 Å². The predicted molar refractivity (Wildman–Crippen MR) is 112 cm³/mol. The molecule has 7 heteroatoms. The van der Waals surface area contributed by atoms with Gasteiger partial charge in [-0.3, -0.25) is 9.59 Å². The van der Waals surface area contributed by atoms with Gasteiger partial charge in [-0.25, -0.2) is 4.98 Å². The molecule has 0 bridgehead atoms. The minimum absolute atomic E-state index is 0.0532. The second kappa shape index (κ2) is 8.21. The number of aromatic nitrogens is 1. The first-order chi connectivity index (χ1) is 14.0. The molecule has 2 atom stereocenters. The van der Waals surface area contributed by atoms with Gasteiger partial charge >= 0.3 is 0 Å². The lowest BCUT2D eigenvalue weighted by molar-refractivity contribution is -0.117. The lowest BCUT2D eigenvalue weighted by atomic mass is 10.2. The zero-order chi connectivity index (χ0) is 20.4. The zero-order valence-corrected chi connectivity index (χ0v) is 16.7. The Morgan fingerprint density at radius 2 is 1.62 bits per heavy atom. The summed E-state index contributed by atoms with van der Waals surface area (Å²) in [6, 6.07) is 10.7. The highest BCUT2D eigenvalue weighted by Crippen LogP contribution is 2.30. The van der Waals surface area contributed by atoms with Gasteiger partial charge in [-0.15, -0.1) is 0 Å². The molecule has 2 N–H and O–H groups in total. The first-order valence-electron chi connectivity index (χ1n) is 10.1. The van der Waals surface area contributed by atoms with Crippen molar-refractivity contribution in [1.29, 1.82) is 0 Å². The van der Waals surface area contributed by atoms with Gasteiger partial charge in [0.2, 0.25) is 5.91 Å². The van der Waals surface area contributed by atoms with Gasteiger partial charge in [0.25, 0.3) is 5.91 Å². The largest absolute Gasteiger partial charge is 0.372 e. The Morgan fingerprint density at radius 3 is 2.21 bits per heavy atom. The number of hydrogen-bond acceptors (Lipinski definition) is 5. The smallest absolute Gasteiger partial charge is 0.255 e. The highest BCUT2D eigenvalue weighted by atomic mass is 16.5. The predicted octanol–water partition coefficient (Wildman–Crippen LogP) is 3.30. The number of amides is 2. The van der Waals surface area contributed by atoms with E-state index in [1.807, 2.05) is 12.1 Å². The van der Waals surface area contributed by atoms with E-state index in [-0.39, 0.29) is 29.9 Å². The Morgan fingerprint density at radius 1 is 0.966 bits per heavy atom. The van der Waals surface area contributed by atoms with Crippen LogP contribution in [0.15, 0.2) is 42.6 Å². The van der Waals surface area contributed by atoms with Crippen molar-refractivity contribution in [2.75, 3.05) is 28.6 Å². The van der Waals surface area contributed by atoms with E-state index in [1.165, 1.54) is 0 Å². The van der Waals surface area contributed by atoms with Crippen LogP contribution in [0.5, 0.6) is 0 Å². The Balaban J connectivity index is 1.35. The number of carbonyl (C=O) groups excluding carboxylic acids is 2. The van der Waals surface area contributed by atoms with Gasteiger partial charge in [0.1, 0.15) is 5.82 Å². The van der Waals surface area contributed by atoms with Gasteiger partial charge in [0, 0.05) is 30.3 Å². The summed E-state index contributed by atoms with van der Waals surface area (Å²) in [6.45, 7) is 5.71. The second-order valence-corrected chi connectivity index (χ2v) is 7.86. The summed E-state index contributed by atoms with van der Waals surface area (Å²) in [6.07, 6.45) is 3.92. The van der Waals surface area contributed by atoms with Crippen molar-refractivity contribution in [2.24, 2.45) is 5.92 Å². The SMILES string of the molecule is CC1CN(c2ccc(NC(=O)c3ccc(NC(=O)C4CC4)cc3)cn2)CC(C)O1. The Labute approximate surface area is 170 Å². The lowest BCUT2D eigenvalue weighted by Gasteiger charge is -2.36. The minimum atomic E-state index is -0.215. The average molecular weight is 394 g/mol. The topological polar surface area (TPSA) is 83.6 Å². The fourth-order valence-corrected chi connectivity index (χ4v) is 3.51. The number of benzene rings is 1. The Bertz CT molecular complexity index is 868. The molecule has 152 valence electrons. The van der Waals surface area contributed by atoms with Crippen LogP contribution in [-0.2, 0) is 9.53 Å². The summed E-state index contributed by atoms with van der Waals surface area (Å²) >= 11 is 0. The van der Waals surface area contributed by atoms with E-state index in [0.29, 0.717) is 16.9 Å². The molecule has 29 heavy (non-hydrogen) atoms. The van der Waals surface area contributed by atoms with Gasteiger partial charge < -0.3 is 20.3 Å². The van der Waals surface area contributed by atoms with Crippen LogP contribution in [0.1, 0.15) is 37.0 Å². The van der Waals surface area contributed by atoms with Crippen molar-refractivity contribution in [1.82, 2.24) is 4.98 Å².